The molecule has 4 aromatic heterocycles. The van der Waals surface area contributed by atoms with Crippen LogP contribution in [0, 0.1) is 17.2 Å². The summed E-state index contributed by atoms with van der Waals surface area (Å²) in [5.74, 6) is 0.0136. The number of hydrogen-bond donors (Lipinski definition) is 4. The number of aromatic nitrogens is 7. The molecule has 2 unspecified atom stereocenters. The van der Waals surface area contributed by atoms with E-state index in [2.05, 4.69) is 35.6 Å². The van der Waals surface area contributed by atoms with Crippen LogP contribution in [0.25, 0.3) is 22.2 Å². The molecule has 2 saturated heterocycles. The van der Waals surface area contributed by atoms with E-state index in [1.165, 1.54) is 17.2 Å². The quantitative estimate of drug-likeness (QED) is 0.0251. The number of amides is 2. The molecule has 0 bridgehead atoms. The zero-order valence-electron chi connectivity index (χ0n) is 45.2. The van der Waals surface area contributed by atoms with Gasteiger partial charge < -0.3 is 43.0 Å². The Labute approximate surface area is 475 Å². The first-order valence-corrected chi connectivity index (χ1v) is 29.0. The standard InChI is InChI=1S/C56H58N10O15P2/c1-34(2)51(67)63-55-62-50-47(53(69)64-55)60-33-66(50)54-44(80-82(70)71)28-41(78-54)30-77-83(72,76-27-11-25-57)81-43-29-46(65-26-24-42-48(58-32-59-49(42)65)61-52(68)35-12-7-5-8-13-35)79-45(43)31-75-56(36-14-9-6-10-15-36,37-16-20-39(73-3)21-17-37)38-18-22-40(74-4)23-19-38/h5-10,12-24,26,32-34,41,43-46,54,82H,11,27-31H2,1-4H3,(H,70,71)(H,58,59,61,68)(H2,62,63,64,67,69)/t41-,43-,44+,45+,46+,54+,83?/m0/s1. The molecule has 432 valence electrons. The zero-order valence-corrected chi connectivity index (χ0v) is 47.1. The number of phosphoric acid groups is 1. The number of anilines is 2. The molecule has 4 N–H and O–H groups in total. The van der Waals surface area contributed by atoms with Crippen molar-refractivity contribution in [3.63, 3.8) is 0 Å². The third kappa shape index (κ3) is 12.8. The number of rotatable bonds is 24. The van der Waals surface area contributed by atoms with Crippen LogP contribution < -0.4 is 25.7 Å². The summed E-state index contributed by atoms with van der Waals surface area (Å²) in [6.07, 6.45) is -2.70. The number of hydrogen-bond acceptors (Lipinski definition) is 19. The van der Waals surface area contributed by atoms with Gasteiger partial charge in [-0.2, -0.15) is 10.2 Å². The van der Waals surface area contributed by atoms with E-state index in [1.807, 2.05) is 84.9 Å². The van der Waals surface area contributed by atoms with E-state index in [1.54, 1.807) is 75.2 Å². The fourth-order valence-electron chi connectivity index (χ4n) is 9.86. The molecule has 8 atom stereocenters. The van der Waals surface area contributed by atoms with Crippen LogP contribution in [0.4, 0.5) is 11.8 Å². The van der Waals surface area contributed by atoms with Crippen LogP contribution in [0.3, 0.4) is 0 Å². The van der Waals surface area contributed by atoms with Crippen molar-refractivity contribution in [1.29, 1.82) is 5.26 Å². The Balaban J connectivity index is 0.986. The van der Waals surface area contributed by atoms with Crippen LogP contribution >= 0.6 is 16.1 Å². The number of imidazole rings is 1. The van der Waals surface area contributed by atoms with Crippen LogP contribution in [0.15, 0.2) is 139 Å². The molecule has 0 aliphatic carbocycles. The second-order valence-electron chi connectivity index (χ2n) is 19.5. The molecule has 0 radical (unpaired) electrons. The maximum atomic E-state index is 15.3. The number of carbonyl (C=O) groups excluding carboxylic acids is 2. The summed E-state index contributed by atoms with van der Waals surface area (Å²) in [5.41, 5.74) is 0.744. The van der Waals surface area contributed by atoms with Gasteiger partial charge in [0, 0.05) is 30.5 Å². The van der Waals surface area contributed by atoms with Crippen LogP contribution in [0.2, 0.25) is 0 Å². The third-order valence-electron chi connectivity index (χ3n) is 13.9. The molecule has 25 nitrogen and oxygen atoms in total. The minimum atomic E-state index is -4.79. The number of fused-ring (bicyclic) bond motifs is 2. The van der Waals surface area contributed by atoms with Gasteiger partial charge in [0.15, 0.2) is 17.4 Å². The highest BCUT2D eigenvalue weighted by Gasteiger charge is 2.48. The Kier molecular flexibility index (Phi) is 18.0. The van der Waals surface area contributed by atoms with Crippen LogP contribution in [-0.2, 0) is 51.8 Å². The monoisotopic (exact) mass is 1170 g/mol. The zero-order chi connectivity index (χ0) is 58.3. The molecular formula is C56H58N10O15P2. The van der Waals surface area contributed by atoms with Gasteiger partial charge >= 0.3 is 16.1 Å². The predicted molar refractivity (Wildman–Crippen MR) is 300 cm³/mol. The molecule has 6 heterocycles. The molecule has 8 aromatic rings. The third-order valence-corrected chi connectivity index (χ3v) is 15.9. The van der Waals surface area contributed by atoms with Gasteiger partial charge in [0.2, 0.25) is 11.9 Å². The summed E-state index contributed by atoms with van der Waals surface area (Å²) in [4.78, 5) is 69.1. The second-order valence-corrected chi connectivity index (χ2v) is 21.9. The first-order chi connectivity index (χ1) is 40.2. The number of carbonyl (C=O) groups is 2. The van der Waals surface area contributed by atoms with Crippen LogP contribution in [0.5, 0.6) is 11.5 Å². The summed E-state index contributed by atoms with van der Waals surface area (Å²) >= 11 is 0. The first kappa shape index (κ1) is 58.2. The minimum absolute atomic E-state index is 0.0198. The van der Waals surface area contributed by atoms with Gasteiger partial charge in [0.25, 0.3) is 11.5 Å². The van der Waals surface area contributed by atoms with Gasteiger partial charge in [0.1, 0.15) is 59.4 Å². The molecule has 2 aliphatic heterocycles. The summed E-state index contributed by atoms with van der Waals surface area (Å²) in [6, 6.07) is 36.8. The molecule has 2 amide bonds. The lowest BCUT2D eigenvalue weighted by Gasteiger charge is -2.37. The van der Waals surface area contributed by atoms with E-state index in [0.29, 0.717) is 39.2 Å². The lowest BCUT2D eigenvalue weighted by molar-refractivity contribution is -0.118. The van der Waals surface area contributed by atoms with Crippen LogP contribution in [0.1, 0.15) is 72.6 Å². The van der Waals surface area contributed by atoms with Crippen molar-refractivity contribution in [3.05, 3.63) is 167 Å². The Hall–Kier alpha value is -7.98. The van der Waals surface area contributed by atoms with Gasteiger partial charge in [0.05, 0.1) is 64.3 Å². The molecule has 83 heavy (non-hydrogen) atoms. The molecular weight excluding hydrogens is 1110 g/mol. The van der Waals surface area contributed by atoms with Gasteiger partial charge in [-0.3, -0.25) is 47.4 Å². The van der Waals surface area contributed by atoms with E-state index in [4.69, 9.17) is 41.8 Å². The number of nitrogens with zero attached hydrogens (tertiary/aromatic N) is 7. The smallest absolute Gasteiger partial charge is 0.475 e. The SMILES string of the molecule is COc1ccc(C(OC[C@H]2O[C@@H](n3ccc4c(NC(=O)c5ccccc5)ncnc43)C[C@@H]2OP(=O)(OCCC#N)OC[C@@H]2C[C@@H](O[PH](=O)O)[C@H](n3cnc4c(=O)[nH]c(NC(=O)C(C)C)nc43)O2)(c2ccccc2)c2ccc(OC)cc2)cc1. The van der Waals surface area contributed by atoms with E-state index in [0.717, 1.165) is 5.56 Å². The van der Waals surface area contributed by atoms with Crippen molar-refractivity contribution >= 4 is 61.9 Å². The van der Waals surface area contributed by atoms with Crippen molar-refractivity contribution in [3.8, 4) is 17.6 Å². The van der Waals surface area contributed by atoms with Crippen molar-refractivity contribution < 1.29 is 65.4 Å². The predicted octanol–water partition coefficient (Wildman–Crippen LogP) is 8.22. The molecule has 4 aromatic carbocycles. The number of nitriles is 1. The van der Waals surface area contributed by atoms with E-state index < -0.39 is 89.1 Å². The number of ether oxygens (including phenoxy) is 5. The first-order valence-electron chi connectivity index (χ1n) is 26.3. The Morgan fingerprint density at radius 3 is 2.17 bits per heavy atom. The number of H-pyrrole nitrogens is 1. The summed E-state index contributed by atoms with van der Waals surface area (Å²) in [5, 5.41) is 15.5. The normalized spacial score (nSPS) is 20.0. The molecule has 27 heteroatoms. The Bertz CT molecular complexity index is 3700. The van der Waals surface area contributed by atoms with E-state index in [9.17, 15) is 29.1 Å². The summed E-state index contributed by atoms with van der Waals surface area (Å²) in [7, 11) is -5.26. The van der Waals surface area contributed by atoms with Crippen molar-refractivity contribution in [2.45, 2.75) is 75.6 Å². The Morgan fingerprint density at radius 1 is 0.843 bits per heavy atom. The fraction of sp³-hybridized carbons (Fsp3) is 0.321. The van der Waals surface area contributed by atoms with Crippen molar-refractivity contribution in [2.24, 2.45) is 5.92 Å². The average Bonchev–Trinajstić information content (AvgIpc) is 4.47. The number of aromatic amines is 1. The lowest BCUT2D eigenvalue weighted by Crippen LogP contribution is -2.38. The molecule has 2 aliphatic rings. The fourth-order valence-corrected chi connectivity index (χ4v) is 11.7. The average molecular weight is 1170 g/mol. The molecule has 0 saturated carbocycles. The second kappa shape index (κ2) is 25.7. The highest BCUT2D eigenvalue weighted by Crippen LogP contribution is 2.55. The molecule has 10 rings (SSSR count). The van der Waals surface area contributed by atoms with Gasteiger partial charge in [-0.25, -0.2) is 19.5 Å². The number of nitrogens with one attached hydrogen (secondary N) is 3. The topological polar surface area (TPSA) is 314 Å². The highest BCUT2D eigenvalue weighted by atomic mass is 31.2. The number of phosphoric ester groups is 1. The maximum absolute atomic E-state index is 15.3. The molecule has 2 fully saturated rings. The van der Waals surface area contributed by atoms with Gasteiger partial charge in [-0.05, 0) is 59.2 Å². The van der Waals surface area contributed by atoms with Crippen molar-refractivity contribution in [2.75, 3.05) is 44.7 Å². The number of methoxy groups -OCH3 is 2. The lowest BCUT2D eigenvalue weighted by atomic mass is 9.80. The number of benzene rings is 4. The van der Waals surface area contributed by atoms with Gasteiger partial charge in [-0.1, -0.05) is 86.6 Å². The summed E-state index contributed by atoms with van der Waals surface area (Å²) in [6.45, 7) is 2.17. The molecule has 0 spiro atoms. The minimum Gasteiger partial charge on any atom is -0.497 e. The Morgan fingerprint density at radius 2 is 1.52 bits per heavy atom. The van der Waals surface area contributed by atoms with Crippen molar-refractivity contribution in [1.82, 2.24) is 34.1 Å². The van der Waals surface area contributed by atoms with Crippen LogP contribution in [-0.4, -0.2) is 109 Å². The highest BCUT2D eigenvalue weighted by molar-refractivity contribution is 7.48. The summed E-state index contributed by atoms with van der Waals surface area (Å²) < 4.78 is 86.4. The maximum Gasteiger partial charge on any atom is 0.475 e. The van der Waals surface area contributed by atoms with Gasteiger partial charge in [-0.15, -0.1) is 0 Å². The largest absolute Gasteiger partial charge is 0.497 e. The van der Waals surface area contributed by atoms with E-state index in [-0.39, 0.29) is 54.7 Å². The van der Waals surface area contributed by atoms with E-state index >= 15 is 4.57 Å².